The second kappa shape index (κ2) is 15.2. The van der Waals surface area contributed by atoms with Crippen molar-refractivity contribution in [3.8, 4) is 84.7 Å². The van der Waals surface area contributed by atoms with Gasteiger partial charge in [-0.05, 0) is 116 Å². The summed E-state index contributed by atoms with van der Waals surface area (Å²) in [6, 6.07) is 83.1. The Kier molecular flexibility index (Phi) is 8.56. The van der Waals surface area contributed by atoms with Crippen molar-refractivity contribution in [1.82, 2.24) is 19.5 Å². The van der Waals surface area contributed by atoms with E-state index in [4.69, 9.17) is 19.7 Å². The number of hydrogen-bond donors (Lipinski definition) is 0. The summed E-state index contributed by atoms with van der Waals surface area (Å²) in [5.41, 5.74) is 20.2. The van der Waals surface area contributed by atoms with Gasteiger partial charge >= 0.3 is 0 Å². The zero-order valence-corrected chi connectivity index (χ0v) is 39.6. The molecule has 0 amide bonds. The van der Waals surface area contributed by atoms with Crippen molar-refractivity contribution in [2.45, 2.75) is 24.7 Å². The predicted molar refractivity (Wildman–Crippen MR) is 291 cm³/mol. The molecule has 338 valence electrons. The highest BCUT2D eigenvalue weighted by Gasteiger charge is 2.51. The lowest BCUT2D eigenvalue weighted by Gasteiger charge is -2.39. The second-order valence-corrected chi connectivity index (χ2v) is 19.9. The van der Waals surface area contributed by atoms with Gasteiger partial charge in [0.05, 0.1) is 16.4 Å². The van der Waals surface area contributed by atoms with E-state index in [0.717, 1.165) is 61.7 Å². The zero-order chi connectivity index (χ0) is 47.7. The highest BCUT2D eigenvalue weighted by molar-refractivity contribution is 6.13. The van der Waals surface area contributed by atoms with Crippen LogP contribution in [0.5, 0.6) is 11.5 Å². The zero-order valence-electron chi connectivity index (χ0n) is 39.6. The van der Waals surface area contributed by atoms with Gasteiger partial charge in [0, 0.05) is 49.7 Å². The third-order valence-corrected chi connectivity index (χ3v) is 15.7. The highest BCUT2D eigenvalue weighted by atomic mass is 16.5. The molecule has 1 aliphatic heterocycles. The number of ether oxygens (including phenoxy) is 1. The number of nitrogens with zero attached hydrogens (tertiary/aromatic N) is 4. The molecule has 0 radical (unpaired) electrons. The smallest absolute Gasteiger partial charge is 0.164 e. The third kappa shape index (κ3) is 5.73. The summed E-state index contributed by atoms with van der Waals surface area (Å²) in [6.45, 7) is 4.73. The third-order valence-electron chi connectivity index (χ3n) is 15.7. The maximum atomic E-state index is 6.77. The van der Waals surface area contributed by atoms with Crippen LogP contribution in [0.1, 0.15) is 47.2 Å². The topological polar surface area (TPSA) is 52.8 Å². The molecule has 5 heteroatoms. The Labute approximate surface area is 417 Å². The van der Waals surface area contributed by atoms with Gasteiger partial charge in [0.25, 0.3) is 0 Å². The van der Waals surface area contributed by atoms with Crippen molar-refractivity contribution >= 4 is 21.8 Å². The van der Waals surface area contributed by atoms with Gasteiger partial charge in [-0.25, -0.2) is 15.0 Å². The van der Waals surface area contributed by atoms with Crippen LogP contribution in [0.4, 0.5) is 0 Å². The maximum absolute atomic E-state index is 6.77. The van der Waals surface area contributed by atoms with E-state index in [2.05, 4.69) is 213 Å². The summed E-state index contributed by atoms with van der Waals surface area (Å²) < 4.78 is 9.22. The Balaban J connectivity index is 0.955. The molecule has 5 nitrogen and oxygen atoms in total. The molecule has 0 saturated carbocycles. The van der Waals surface area contributed by atoms with Crippen LogP contribution in [0.15, 0.2) is 231 Å². The Morgan fingerprint density at radius 3 is 1.53 bits per heavy atom. The number of benzene rings is 10. The molecule has 3 aliphatic rings. The minimum absolute atomic E-state index is 0.116. The molecule has 15 rings (SSSR count). The average molecular weight is 921 g/mol. The molecule has 12 aromatic rings. The molecule has 1 spiro atoms. The van der Waals surface area contributed by atoms with E-state index in [-0.39, 0.29) is 5.41 Å². The van der Waals surface area contributed by atoms with Gasteiger partial charge < -0.3 is 9.30 Å². The number of aromatic nitrogens is 4. The van der Waals surface area contributed by atoms with Gasteiger partial charge in [-0.3, -0.25) is 0 Å². The van der Waals surface area contributed by atoms with Crippen LogP contribution in [0.25, 0.3) is 95.0 Å². The van der Waals surface area contributed by atoms with Crippen LogP contribution >= 0.6 is 0 Å². The van der Waals surface area contributed by atoms with Crippen molar-refractivity contribution in [2.75, 3.05) is 0 Å². The van der Waals surface area contributed by atoms with Gasteiger partial charge in [-0.15, -0.1) is 0 Å². The molecule has 2 aromatic heterocycles. The van der Waals surface area contributed by atoms with E-state index < -0.39 is 5.41 Å². The minimum Gasteiger partial charge on any atom is -0.457 e. The fourth-order valence-corrected chi connectivity index (χ4v) is 12.4. The summed E-state index contributed by atoms with van der Waals surface area (Å²) in [6.07, 6.45) is 0. The fraction of sp³-hybridized carbons (Fsp3) is 0.0597. The molecule has 0 fully saturated rings. The van der Waals surface area contributed by atoms with Crippen molar-refractivity contribution in [1.29, 1.82) is 0 Å². The van der Waals surface area contributed by atoms with E-state index in [1.807, 2.05) is 36.4 Å². The standard InChI is InChI=1S/C67H44N4O/c1-66(2)53-25-13-12-24-47(53)50-39-52-51-37-44(32-35-59(51)71(60(52)40-57(50)66)46-22-10-5-11-23-46)43-31-34-54-49(36-43)48-33-30-45(38-58(48)67(54)55-26-14-16-28-61(55)72-62-29-17-15-27-56(62)67)65-69-63(41-18-6-3-7-19-41)68-64(70-65)42-20-8-4-9-21-42/h3-40H,1-2H3. The Bertz CT molecular complexity index is 4110. The van der Waals surface area contributed by atoms with Crippen LogP contribution in [0.2, 0.25) is 0 Å². The lowest BCUT2D eigenvalue weighted by Crippen LogP contribution is -2.32. The largest absolute Gasteiger partial charge is 0.457 e. The first-order valence-electron chi connectivity index (χ1n) is 24.8. The van der Waals surface area contributed by atoms with Crippen molar-refractivity contribution < 1.29 is 4.74 Å². The Hall–Kier alpha value is -9.19. The molecule has 10 aromatic carbocycles. The SMILES string of the molecule is CC1(C)c2ccccc2-c2cc3c4cc(-c5ccc6c(c5)-c5ccc(-c7nc(-c8ccccc8)nc(-c8ccccc8)n7)cc5C65c6ccccc6Oc6ccccc65)ccc4n(-c4ccccc4)c3cc21. The molecule has 0 atom stereocenters. The van der Waals surface area contributed by atoms with Gasteiger partial charge in [0.15, 0.2) is 17.5 Å². The summed E-state index contributed by atoms with van der Waals surface area (Å²) in [5.74, 6) is 3.57. The lowest BCUT2D eigenvalue weighted by molar-refractivity contribution is 0.436. The molecular formula is C67H44N4O. The fourth-order valence-electron chi connectivity index (χ4n) is 12.4. The molecule has 0 N–H and O–H groups in total. The Morgan fingerprint density at radius 1 is 0.333 bits per heavy atom. The summed E-state index contributed by atoms with van der Waals surface area (Å²) in [5, 5.41) is 2.48. The normalized spacial score (nSPS) is 14.0. The van der Waals surface area contributed by atoms with E-state index >= 15 is 0 Å². The van der Waals surface area contributed by atoms with Crippen LogP contribution in [0.3, 0.4) is 0 Å². The van der Waals surface area contributed by atoms with E-state index in [9.17, 15) is 0 Å². The highest BCUT2D eigenvalue weighted by Crippen LogP contribution is 2.63. The van der Waals surface area contributed by atoms with Crippen molar-refractivity contribution in [3.63, 3.8) is 0 Å². The molecule has 72 heavy (non-hydrogen) atoms. The van der Waals surface area contributed by atoms with Gasteiger partial charge in [-0.2, -0.15) is 0 Å². The lowest BCUT2D eigenvalue weighted by atomic mass is 9.66. The second-order valence-electron chi connectivity index (χ2n) is 19.9. The van der Waals surface area contributed by atoms with E-state index in [1.165, 1.54) is 60.8 Å². The number of hydrogen-bond acceptors (Lipinski definition) is 4. The monoisotopic (exact) mass is 920 g/mol. The van der Waals surface area contributed by atoms with Crippen LogP contribution in [0, 0.1) is 0 Å². The van der Waals surface area contributed by atoms with Gasteiger partial charge in [-0.1, -0.05) is 184 Å². The maximum Gasteiger partial charge on any atom is 0.164 e. The van der Waals surface area contributed by atoms with Gasteiger partial charge in [0.1, 0.15) is 11.5 Å². The molecule has 2 aliphatic carbocycles. The number of rotatable bonds is 5. The Morgan fingerprint density at radius 2 is 0.847 bits per heavy atom. The van der Waals surface area contributed by atoms with E-state index in [0.29, 0.717) is 17.5 Å². The van der Waals surface area contributed by atoms with Crippen molar-refractivity contribution in [3.05, 3.63) is 264 Å². The molecule has 0 saturated heterocycles. The average Bonchev–Trinajstić information content (AvgIpc) is 4.01. The first-order valence-corrected chi connectivity index (χ1v) is 24.8. The summed E-state index contributed by atoms with van der Waals surface area (Å²) in [7, 11) is 0. The predicted octanol–water partition coefficient (Wildman–Crippen LogP) is 16.4. The minimum atomic E-state index is -0.695. The van der Waals surface area contributed by atoms with Crippen LogP contribution in [-0.2, 0) is 10.8 Å². The molecule has 3 heterocycles. The van der Waals surface area contributed by atoms with Crippen molar-refractivity contribution in [2.24, 2.45) is 0 Å². The number of para-hydroxylation sites is 3. The first kappa shape index (κ1) is 40.7. The molecule has 0 bridgehead atoms. The molecule has 0 unspecified atom stereocenters. The first-order chi connectivity index (χ1) is 35.4. The summed E-state index contributed by atoms with van der Waals surface area (Å²) >= 11 is 0. The molecular weight excluding hydrogens is 877 g/mol. The number of fused-ring (bicyclic) bond motifs is 15. The van der Waals surface area contributed by atoms with Crippen LogP contribution < -0.4 is 4.74 Å². The van der Waals surface area contributed by atoms with Gasteiger partial charge in [0.2, 0.25) is 0 Å². The summed E-state index contributed by atoms with van der Waals surface area (Å²) in [4.78, 5) is 15.4. The quantitative estimate of drug-likeness (QED) is 0.173. The van der Waals surface area contributed by atoms with E-state index in [1.54, 1.807) is 0 Å². The van der Waals surface area contributed by atoms with Crippen LogP contribution in [-0.4, -0.2) is 19.5 Å².